The summed E-state index contributed by atoms with van der Waals surface area (Å²) in [6, 6.07) is 13.2. The maximum absolute atomic E-state index is 12.5. The molecule has 2 aromatic carbocycles. The Kier molecular flexibility index (Phi) is 6.38. The molecule has 4 aromatic rings. The van der Waals surface area contributed by atoms with Crippen molar-refractivity contribution in [3.63, 3.8) is 0 Å². The highest BCUT2D eigenvalue weighted by molar-refractivity contribution is 6.32. The molecular weight excluding hydrogens is 478 g/mol. The van der Waals surface area contributed by atoms with E-state index in [1.165, 1.54) is 14.0 Å². The first kappa shape index (κ1) is 23.8. The number of pyridine rings is 2. The standard InChI is InChI=1S/C27H26ClN5O3/c1-15(34)21-13-30-23-5-3-16(17-10-22(28)27(35)24(11-17)36-2)9-20(23)26(21)32-19-4-6-25(31-12-19)33-8-7-18(29)14-33/h3-6,9-13,18,35H,7-8,14,29H2,1-2H3,(H,30,32). The second-order valence-electron chi connectivity index (χ2n) is 8.87. The average molecular weight is 504 g/mol. The van der Waals surface area contributed by atoms with Crippen LogP contribution in [-0.2, 0) is 0 Å². The Morgan fingerprint density at radius 2 is 2.00 bits per heavy atom. The van der Waals surface area contributed by atoms with Gasteiger partial charge >= 0.3 is 0 Å². The topological polar surface area (TPSA) is 114 Å². The molecule has 36 heavy (non-hydrogen) atoms. The monoisotopic (exact) mass is 503 g/mol. The van der Waals surface area contributed by atoms with Crippen molar-refractivity contribution in [1.29, 1.82) is 0 Å². The van der Waals surface area contributed by atoms with E-state index in [9.17, 15) is 9.90 Å². The Hall–Kier alpha value is -3.88. The van der Waals surface area contributed by atoms with Gasteiger partial charge in [-0.3, -0.25) is 9.78 Å². The fraction of sp³-hybridized carbons (Fsp3) is 0.222. The second kappa shape index (κ2) is 9.64. The summed E-state index contributed by atoms with van der Waals surface area (Å²) in [6.07, 6.45) is 4.29. The molecule has 1 saturated heterocycles. The van der Waals surface area contributed by atoms with Crippen molar-refractivity contribution in [1.82, 2.24) is 9.97 Å². The molecule has 2 aromatic heterocycles. The number of methoxy groups -OCH3 is 1. The zero-order valence-electron chi connectivity index (χ0n) is 20.0. The molecule has 8 nitrogen and oxygen atoms in total. The lowest BCUT2D eigenvalue weighted by Gasteiger charge is -2.18. The number of carbonyl (C=O) groups excluding carboxylic acids is 1. The normalized spacial score (nSPS) is 15.3. The number of Topliss-reactive ketones (excluding diaryl/α,β-unsaturated/α-hetero) is 1. The van der Waals surface area contributed by atoms with Crippen molar-refractivity contribution >= 4 is 45.5 Å². The minimum atomic E-state index is -0.113. The van der Waals surface area contributed by atoms with Crippen LogP contribution in [0.4, 0.5) is 17.2 Å². The van der Waals surface area contributed by atoms with Gasteiger partial charge in [-0.05, 0) is 60.9 Å². The van der Waals surface area contributed by atoms with Crippen molar-refractivity contribution in [3.05, 3.63) is 65.4 Å². The van der Waals surface area contributed by atoms with Gasteiger partial charge in [0.15, 0.2) is 17.3 Å². The molecule has 1 fully saturated rings. The summed E-state index contributed by atoms with van der Waals surface area (Å²) >= 11 is 6.22. The minimum Gasteiger partial charge on any atom is -0.503 e. The van der Waals surface area contributed by atoms with Gasteiger partial charge in [-0.2, -0.15) is 0 Å². The number of rotatable bonds is 6. The molecule has 3 heterocycles. The van der Waals surface area contributed by atoms with E-state index in [1.54, 1.807) is 24.5 Å². The fourth-order valence-corrected chi connectivity index (χ4v) is 4.67. The molecule has 1 unspecified atom stereocenters. The number of fused-ring (bicyclic) bond motifs is 1. The van der Waals surface area contributed by atoms with Crippen LogP contribution in [0.3, 0.4) is 0 Å². The third-order valence-electron chi connectivity index (χ3n) is 6.39. The molecule has 0 bridgehead atoms. The summed E-state index contributed by atoms with van der Waals surface area (Å²) in [5.41, 5.74) is 10.2. The predicted molar refractivity (Wildman–Crippen MR) is 143 cm³/mol. The number of carbonyl (C=O) groups is 1. The number of aromatic nitrogens is 2. The summed E-state index contributed by atoms with van der Waals surface area (Å²) in [5, 5.41) is 14.5. The van der Waals surface area contributed by atoms with Crippen LogP contribution in [0.5, 0.6) is 11.5 Å². The number of nitrogens with two attached hydrogens (primary N) is 1. The van der Waals surface area contributed by atoms with Gasteiger partial charge in [0.1, 0.15) is 5.82 Å². The lowest BCUT2D eigenvalue weighted by atomic mass is 10.00. The van der Waals surface area contributed by atoms with Crippen LogP contribution in [0.25, 0.3) is 22.0 Å². The van der Waals surface area contributed by atoms with Gasteiger partial charge in [-0.1, -0.05) is 17.7 Å². The first-order valence-corrected chi connectivity index (χ1v) is 12.0. The predicted octanol–water partition coefficient (Wildman–Crippen LogP) is 5.15. The van der Waals surface area contributed by atoms with Gasteiger partial charge < -0.3 is 25.8 Å². The van der Waals surface area contributed by atoms with Gasteiger partial charge in [-0.25, -0.2) is 4.98 Å². The van der Waals surface area contributed by atoms with Crippen LogP contribution >= 0.6 is 11.6 Å². The molecule has 4 N–H and O–H groups in total. The summed E-state index contributed by atoms with van der Waals surface area (Å²) < 4.78 is 5.26. The van der Waals surface area contributed by atoms with Gasteiger partial charge in [0.25, 0.3) is 0 Å². The Balaban J connectivity index is 1.56. The highest BCUT2D eigenvalue weighted by Gasteiger charge is 2.20. The zero-order chi connectivity index (χ0) is 25.4. The number of halogens is 1. The number of anilines is 3. The number of hydrogen-bond donors (Lipinski definition) is 3. The van der Waals surface area contributed by atoms with Crippen LogP contribution in [0.2, 0.25) is 5.02 Å². The molecule has 0 saturated carbocycles. The first-order valence-electron chi connectivity index (χ1n) is 11.6. The number of phenolic OH excluding ortho intramolecular Hbond substituents is 1. The molecule has 9 heteroatoms. The summed E-state index contributed by atoms with van der Waals surface area (Å²) in [7, 11) is 1.47. The SMILES string of the molecule is COc1cc(-c2ccc3ncc(C(C)=O)c(Nc4ccc(N5CCC(N)C5)nc4)c3c2)cc(Cl)c1O. The largest absolute Gasteiger partial charge is 0.503 e. The smallest absolute Gasteiger partial charge is 0.176 e. The third-order valence-corrected chi connectivity index (χ3v) is 6.68. The van der Waals surface area contributed by atoms with Gasteiger partial charge in [0.05, 0.1) is 40.8 Å². The Morgan fingerprint density at radius 1 is 1.17 bits per heavy atom. The molecule has 1 aliphatic rings. The van der Waals surface area contributed by atoms with E-state index >= 15 is 0 Å². The quantitative estimate of drug-likeness (QED) is 0.310. The number of phenols is 1. The Bertz CT molecular complexity index is 1460. The van der Waals surface area contributed by atoms with Gasteiger partial charge in [0, 0.05) is 30.7 Å². The second-order valence-corrected chi connectivity index (χ2v) is 9.28. The lowest BCUT2D eigenvalue weighted by molar-refractivity contribution is 0.101. The molecule has 0 spiro atoms. The van der Waals surface area contributed by atoms with Crippen LogP contribution in [-0.4, -0.2) is 47.1 Å². The molecule has 5 rings (SSSR count). The van der Waals surface area contributed by atoms with E-state index in [4.69, 9.17) is 22.1 Å². The maximum atomic E-state index is 12.5. The van der Waals surface area contributed by atoms with Crippen LogP contribution < -0.4 is 20.7 Å². The summed E-state index contributed by atoms with van der Waals surface area (Å²) in [4.78, 5) is 23.8. The number of ether oxygens (including phenoxy) is 1. The first-order chi connectivity index (χ1) is 17.3. The number of hydrogen-bond acceptors (Lipinski definition) is 8. The highest BCUT2D eigenvalue weighted by Crippen LogP contribution is 2.40. The molecule has 184 valence electrons. The van der Waals surface area contributed by atoms with Gasteiger partial charge in [-0.15, -0.1) is 0 Å². The molecule has 0 radical (unpaired) electrons. The highest BCUT2D eigenvalue weighted by atomic mass is 35.5. The van der Waals surface area contributed by atoms with Crippen molar-refractivity contribution in [2.45, 2.75) is 19.4 Å². The van der Waals surface area contributed by atoms with Crippen LogP contribution in [0, 0.1) is 0 Å². The molecule has 1 atom stereocenters. The van der Waals surface area contributed by atoms with Crippen molar-refractivity contribution in [2.75, 3.05) is 30.4 Å². The summed E-state index contributed by atoms with van der Waals surface area (Å²) in [5.74, 6) is 0.928. The van der Waals surface area contributed by atoms with E-state index < -0.39 is 0 Å². The number of aromatic hydroxyl groups is 1. The zero-order valence-corrected chi connectivity index (χ0v) is 20.7. The molecular formula is C27H26ClN5O3. The Labute approximate surface area is 213 Å². The molecule has 0 aliphatic carbocycles. The van der Waals surface area contributed by atoms with Crippen molar-refractivity contribution in [2.24, 2.45) is 5.73 Å². The van der Waals surface area contributed by atoms with Crippen LogP contribution in [0.15, 0.2) is 54.9 Å². The van der Waals surface area contributed by atoms with E-state index in [2.05, 4.69) is 20.2 Å². The fourth-order valence-electron chi connectivity index (χ4n) is 4.46. The van der Waals surface area contributed by atoms with E-state index in [0.717, 1.165) is 53.0 Å². The number of ketones is 1. The van der Waals surface area contributed by atoms with Crippen molar-refractivity contribution < 1.29 is 14.6 Å². The third kappa shape index (κ3) is 4.53. The number of nitrogens with one attached hydrogen (secondary N) is 1. The number of nitrogens with zero attached hydrogens (tertiary/aromatic N) is 3. The van der Waals surface area contributed by atoms with E-state index in [0.29, 0.717) is 11.3 Å². The maximum Gasteiger partial charge on any atom is 0.176 e. The van der Waals surface area contributed by atoms with E-state index in [-0.39, 0.29) is 28.3 Å². The van der Waals surface area contributed by atoms with Crippen LogP contribution in [0.1, 0.15) is 23.7 Å². The number of benzene rings is 2. The summed E-state index contributed by atoms with van der Waals surface area (Å²) in [6.45, 7) is 3.19. The molecule has 1 aliphatic heterocycles. The lowest BCUT2D eigenvalue weighted by Crippen LogP contribution is -2.26. The minimum absolute atomic E-state index is 0.109. The van der Waals surface area contributed by atoms with Crippen molar-refractivity contribution in [3.8, 4) is 22.6 Å². The average Bonchev–Trinajstić information content (AvgIpc) is 3.32. The molecule has 0 amide bonds. The Morgan fingerprint density at radius 3 is 2.67 bits per heavy atom. The van der Waals surface area contributed by atoms with Gasteiger partial charge in [0.2, 0.25) is 0 Å². The van der Waals surface area contributed by atoms with E-state index in [1.807, 2.05) is 30.3 Å².